The standard InChI is InChI=1S/C18H22N2O5S2/c1-11-5-3-6-13(12(11)2)20-14-9-27(24,25)10-15(14)26-18(20)19-16(21)7-4-8-17(22)23/h3,5-6,14-15H,4,7-10H2,1-2H3,(H,22,23)/t14-,15-/m1/s1. The van der Waals surface area contributed by atoms with Crippen molar-refractivity contribution < 1.29 is 23.1 Å². The second-order valence-corrected chi connectivity index (χ2v) is 10.3. The molecule has 0 spiro atoms. The Kier molecular flexibility index (Phi) is 5.62. The van der Waals surface area contributed by atoms with E-state index in [9.17, 15) is 18.0 Å². The fourth-order valence-corrected chi connectivity index (χ4v) is 7.32. The van der Waals surface area contributed by atoms with Gasteiger partial charge in [0.1, 0.15) is 0 Å². The number of aliphatic imine (C=N–C) groups is 1. The minimum absolute atomic E-state index is 0.0459. The number of aryl methyl sites for hydroxylation is 1. The van der Waals surface area contributed by atoms with E-state index < -0.39 is 15.8 Å². The Morgan fingerprint density at radius 3 is 2.70 bits per heavy atom. The van der Waals surface area contributed by atoms with Crippen molar-refractivity contribution in [3.05, 3.63) is 29.3 Å². The highest BCUT2D eigenvalue weighted by atomic mass is 32.2. The minimum atomic E-state index is -3.11. The first-order valence-corrected chi connectivity index (χ1v) is 11.4. The van der Waals surface area contributed by atoms with E-state index in [1.807, 2.05) is 36.9 Å². The van der Waals surface area contributed by atoms with Crippen molar-refractivity contribution in [1.82, 2.24) is 0 Å². The first-order valence-electron chi connectivity index (χ1n) is 8.74. The lowest BCUT2D eigenvalue weighted by Gasteiger charge is -2.26. The number of amidine groups is 1. The van der Waals surface area contributed by atoms with Gasteiger partial charge >= 0.3 is 5.97 Å². The van der Waals surface area contributed by atoms with Gasteiger partial charge in [0.05, 0.1) is 17.5 Å². The molecule has 1 aromatic carbocycles. The molecular weight excluding hydrogens is 388 g/mol. The van der Waals surface area contributed by atoms with Crippen LogP contribution in [0.1, 0.15) is 30.4 Å². The second-order valence-electron chi connectivity index (χ2n) is 6.93. The first kappa shape index (κ1) is 19.9. The van der Waals surface area contributed by atoms with E-state index in [2.05, 4.69) is 4.99 Å². The maximum Gasteiger partial charge on any atom is 0.303 e. The molecule has 0 aromatic heterocycles. The van der Waals surface area contributed by atoms with Gasteiger partial charge in [-0.15, -0.1) is 0 Å². The van der Waals surface area contributed by atoms with Crippen molar-refractivity contribution >= 4 is 44.3 Å². The van der Waals surface area contributed by atoms with Gasteiger partial charge in [-0.1, -0.05) is 23.9 Å². The maximum atomic E-state index is 12.2. The molecule has 9 heteroatoms. The minimum Gasteiger partial charge on any atom is -0.481 e. The SMILES string of the molecule is Cc1cccc(N2C(=NC(=O)CCCC(=O)O)S[C@@H]3CS(=O)(=O)C[C@H]32)c1C. The molecule has 2 aliphatic rings. The quantitative estimate of drug-likeness (QED) is 0.793. The number of carbonyl (C=O) groups excluding carboxylic acids is 1. The van der Waals surface area contributed by atoms with Crippen LogP contribution in [0.5, 0.6) is 0 Å². The van der Waals surface area contributed by atoms with Gasteiger partial charge in [0.2, 0.25) is 5.91 Å². The molecule has 0 saturated carbocycles. The van der Waals surface area contributed by atoms with Crippen molar-refractivity contribution in [3.8, 4) is 0 Å². The summed E-state index contributed by atoms with van der Waals surface area (Å²) in [6.07, 6.45) is 0.221. The monoisotopic (exact) mass is 410 g/mol. The van der Waals surface area contributed by atoms with Crippen molar-refractivity contribution in [2.24, 2.45) is 4.99 Å². The van der Waals surface area contributed by atoms with Gasteiger partial charge in [0.15, 0.2) is 15.0 Å². The number of benzene rings is 1. The Hall–Kier alpha value is -1.87. The zero-order valence-corrected chi connectivity index (χ0v) is 16.8. The number of amides is 1. The molecule has 0 aliphatic carbocycles. The van der Waals surface area contributed by atoms with E-state index in [0.717, 1.165) is 16.8 Å². The van der Waals surface area contributed by atoms with Crippen LogP contribution in [0.25, 0.3) is 0 Å². The predicted octanol–water partition coefficient (Wildman–Crippen LogP) is 2.16. The van der Waals surface area contributed by atoms with Crippen LogP contribution in [0.4, 0.5) is 5.69 Å². The number of carboxylic acids is 1. The largest absolute Gasteiger partial charge is 0.481 e. The smallest absolute Gasteiger partial charge is 0.303 e. The molecule has 2 heterocycles. The zero-order chi connectivity index (χ0) is 19.8. The predicted molar refractivity (Wildman–Crippen MR) is 106 cm³/mol. The Balaban J connectivity index is 1.91. The second kappa shape index (κ2) is 7.63. The van der Waals surface area contributed by atoms with Crippen LogP contribution in [-0.2, 0) is 19.4 Å². The van der Waals surface area contributed by atoms with Crippen LogP contribution in [-0.4, -0.2) is 53.4 Å². The molecule has 2 fully saturated rings. The third-order valence-corrected chi connectivity index (χ3v) is 8.11. The number of rotatable bonds is 5. The third kappa shape index (κ3) is 4.35. The topological polar surface area (TPSA) is 104 Å². The number of aliphatic carboxylic acids is 1. The molecule has 7 nitrogen and oxygen atoms in total. The lowest BCUT2D eigenvalue weighted by molar-refractivity contribution is -0.137. The maximum absolute atomic E-state index is 12.2. The van der Waals surface area contributed by atoms with Crippen LogP contribution >= 0.6 is 11.8 Å². The van der Waals surface area contributed by atoms with Gasteiger partial charge in [0.25, 0.3) is 0 Å². The summed E-state index contributed by atoms with van der Waals surface area (Å²) < 4.78 is 24.2. The molecule has 0 bridgehead atoms. The van der Waals surface area contributed by atoms with Crippen molar-refractivity contribution in [3.63, 3.8) is 0 Å². The van der Waals surface area contributed by atoms with Gasteiger partial charge in [-0.05, 0) is 37.5 Å². The Morgan fingerprint density at radius 2 is 2.00 bits per heavy atom. The lowest BCUT2D eigenvalue weighted by atomic mass is 10.1. The molecule has 1 aromatic rings. The zero-order valence-electron chi connectivity index (χ0n) is 15.2. The van der Waals surface area contributed by atoms with Crippen molar-refractivity contribution in [2.45, 2.75) is 44.4 Å². The molecule has 1 amide bonds. The fourth-order valence-electron chi connectivity index (χ4n) is 3.40. The first-order chi connectivity index (χ1) is 12.7. The third-order valence-electron chi connectivity index (χ3n) is 4.90. The Labute approximate surface area is 162 Å². The number of sulfone groups is 1. The molecule has 0 unspecified atom stereocenters. The summed E-state index contributed by atoms with van der Waals surface area (Å²) in [7, 11) is -3.11. The molecule has 1 N–H and O–H groups in total. The number of thioether (sulfide) groups is 1. The van der Waals surface area contributed by atoms with Gasteiger partial charge in [-0.25, -0.2) is 8.42 Å². The average Bonchev–Trinajstić information content (AvgIpc) is 3.01. The molecule has 2 atom stereocenters. The molecule has 2 saturated heterocycles. The summed E-state index contributed by atoms with van der Waals surface area (Å²) in [6.45, 7) is 3.96. The highest BCUT2D eigenvalue weighted by Gasteiger charge is 2.49. The van der Waals surface area contributed by atoms with Gasteiger partial charge in [-0.2, -0.15) is 4.99 Å². The number of hydrogen-bond donors (Lipinski definition) is 1. The molecular formula is C18H22N2O5S2. The highest BCUT2D eigenvalue weighted by Crippen LogP contribution is 2.42. The van der Waals surface area contributed by atoms with Gasteiger partial charge in [-0.3, -0.25) is 9.59 Å². The van der Waals surface area contributed by atoms with E-state index in [1.165, 1.54) is 11.8 Å². The van der Waals surface area contributed by atoms with Crippen molar-refractivity contribution in [1.29, 1.82) is 0 Å². The molecule has 0 radical (unpaired) electrons. The molecule has 2 aliphatic heterocycles. The van der Waals surface area contributed by atoms with Crippen molar-refractivity contribution in [2.75, 3.05) is 16.4 Å². The van der Waals surface area contributed by atoms with Gasteiger partial charge in [0, 0.05) is 23.8 Å². The van der Waals surface area contributed by atoms with Crippen LogP contribution < -0.4 is 4.90 Å². The average molecular weight is 411 g/mol. The normalized spacial score (nSPS) is 25.0. The summed E-state index contributed by atoms with van der Waals surface area (Å²) in [5, 5.41) is 9.06. The Morgan fingerprint density at radius 1 is 1.26 bits per heavy atom. The summed E-state index contributed by atoms with van der Waals surface area (Å²) in [4.78, 5) is 28.9. The van der Waals surface area contributed by atoms with Crippen LogP contribution in [0.15, 0.2) is 23.2 Å². The summed E-state index contributed by atoms with van der Waals surface area (Å²) in [5.74, 6) is -1.19. The number of anilines is 1. The molecule has 3 rings (SSSR count). The number of nitrogens with zero attached hydrogens (tertiary/aromatic N) is 2. The molecule has 146 valence electrons. The highest BCUT2D eigenvalue weighted by molar-refractivity contribution is 8.16. The number of fused-ring (bicyclic) bond motifs is 1. The van der Waals surface area contributed by atoms with Gasteiger partial charge < -0.3 is 10.0 Å². The van der Waals surface area contributed by atoms with E-state index in [1.54, 1.807) is 0 Å². The number of hydrogen-bond acceptors (Lipinski definition) is 5. The van der Waals surface area contributed by atoms with E-state index >= 15 is 0 Å². The van der Waals surface area contributed by atoms with Crippen LogP contribution in [0.3, 0.4) is 0 Å². The van der Waals surface area contributed by atoms with E-state index in [4.69, 9.17) is 5.11 Å². The van der Waals surface area contributed by atoms with E-state index in [0.29, 0.717) is 5.17 Å². The fraction of sp³-hybridized carbons (Fsp3) is 0.500. The molecule has 27 heavy (non-hydrogen) atoms. The number of carbonyl (C=O) groups is 2. The summed E-state index contributed by atoms with van der Waals surface area (Å²) in [5.41, 5.74) is 2.96. The summed E-state index contributed by atoms with van der Waals surface area (Å²) >= 11 is 1.33. The number of carboxylic acid groups (broad SMARTS) is 1. The summed E-state index contributed by atoms with van der Waals surface area (Å²) in [6, 6.07) is 5.57. The lowest BCUT2D eigenvalue weighted by Crippen LogP contribution is -2.38. The van der Waals surface area contributed by atoms with E-state index in [-0.39, 0.29) is 48.0 Å². The van der Waals surface area contributed by atoms with Crippen LogP contribution in [0.2, 0.25) is 0 Å². The Bertz CT molecular complexity index is 910. The van der Waals surface area contributed by atoms with Crippen LogP contribution in [0, 0.1) is 13.8 Å².